The number of nitrogens with two attached hydrogens (primary N) is 1. The summed E-state index contributed by atoms with van der Waals surface area (Å²) >= 11 is 1.45. The van der Waals surface area contributed by atoms with E-state index in [1.807, 2.05) is 11.6 Å². The van der Waals surface area contributed by atoms with Crippen LogP contribution >= 0.6 is 11.8 Å². The number of thioether (sulfide) groups is 1. The van der Waals surface area contributed by atoms with Crippen molar-refractivity contribution in [3.63, 3.8) is 0 Å². The summed E-state index contributed by atoms with van der Waals surface area (Å²) in [7, 11) is 1.85. The number of nitrogens with one attached hydrogen (secondary N) is 1. The van der Waals surface area contributed by atoms with E-state index >= 15 is 0 Å². The van der Waals surface area contributed by atoms with Crippen molar-refractivity contribution in [2.75, 3.05) is 0 Å². The predicted molar refractivity (Wildman–Crippen MR) is 103 cm³/mol. The van der Waals surface area contributed by atoms with Crippen LogP contribution in [0.4, 0.5) is 0 Å². The topological polar surface area (TPSA) is 194 Å². The van der Waals surface area contributed by atoms with Crippen LogP contribution in [0.25, 0.3) is 5.78 Å². The van der Waals surface area contributed by atoms with Crippen LogP contribution in [0, 0.1) is 6.92 Å². The lowest BCUT2D eigenvalue weighted by molar-refractivity contribution is -0.135. The van der Waals surface area contributed by atoms with Crippen molar-refractivity contribution in [1.82, 2.24) is 34.3 Å². The minimum Gasteiger partial charge on any atom is -0.481 e. The van der Waals surface area contributed by atoms with Crippen molar-refractivity contribution >= 4 is 29.5 Å². The first-order valence-corrected chi connectivity index (χ1v) is 9.09. The van der Waals surface area contributed by atoms with Gasteiger partial charge in [-0.25, -0.2) is 4.98 Å². The number of aromatic amines is 1. The van der Waals surface area contributed by atoms with Gasteiger partial charge in [0.15, 0.2) is 5.16 Å². The van der Waals surface area contributed by atoms with Gasteiger partial charge < -0.3 is 20.5 Å². The first-order valence-electron chi connectivity index (χ1n) is 8.10. The number of rotatable bonds is 4. The van der Waals surface area contributed by atoms with Gasteiger partial charge in [-0.05, 0) is 6.92 Å². The van der Waals surface area contributed by atoms with Gasteiger partial charge in [0.2, 0.25) is 0 Å². The molecule has 0 aromatic carbocycles. The van der Waals surface area contributed by atoms with Crippen LogP contribution in [0.3, 0.4) is 0 Å². The average Bonchev–Trinajstić information content (AvgIpc) is 3.14. The molecule has 29 heavy (non-hydrogen) atoms. The molecule has 0 bridgehead atoms. The lowest BCUT2D eigenvalue weighted by Gasteiger charge is -2.02. The number of hydrogen-bond acceptors (Lipinski definition) is 9. The van der Waals surface area contributed by atoms with E-state index in [2.05, 4.69) is 25.3 Å². The first-order chi connectivity index (χ1) is 13.5. The average molecular weight is 426 g/mol. The van der Waals surface area contributed by atoms with Gasteiger partial charge in [0.25, 0.3) is 23.3 Å². The fourth-order valence-electron chi connectivity index (χ4n) is 1.89. The fraction of sp³-hybridized carbons (Fsp3) is 0.400. The molecule has 0 aliphatic carbocycles. The number of aryl methyl sites for hydroxylation is 1. The smallest absolute Gasteiger partial charge is 0.300 e. The zero-order chi connectivity index (χ0) is 22.1. The lowest BCUT2D eigenvalue weighted by Crippen LogP contribution is -2.15. The molecule has 0 unspecified atom stereocenters. The van der Waals surface area contributed by atoms with E-state index < -0.39 is 11.9 Å². The van der Waals surface area contributed by atoms with Gasteiger partial charge in [0.05, 0.1) is 12.2 Å². The van der Waals surface area contributed by atoms with Crippen molar-refractivity contribution < 1.29 is 19.8 Å². The summed E-state index contributed by atoms with van der Waals surface area (Å²) in [5.41, 5.74) is 6.02. The molecule has 0 radical (unpaired) electrons. The normalized spacial score (nSPS) is 9.97. The minimum absolute atomic E-state index is 0.184. The molecule has 0 spiro atoms. The molecule has 3 rings (SSSR count). The largest absolute Gasteiger partial charge is 0.481 e. The van der Waals surface area contributed by atoms with E-state index in [1.54, 1.807) is 6.92 Å². The lowest BCUT2D eigenvalue weighted by atomic mass is 10.4. The van der Waals surface area contributed by atoms with Crippen LogP contribution in [0.5, 0.6) is 0 Å². The highest BCUT2D eigenvalue weighted by Gasteiger charge is 2.10. The van der Waals surface area contributed by atoms with E-state index in [-0.39, 0.29) is 5.56 Å². The van der Waals surface area contributed by atoms with E-state index in [4.69, 9.17) is 25.5 Å². The van der Waals surface area contributed by atoms with E-state index in [9.17, 15) is 4.79 Å². The maximum Gasteiger partial charge on any atom is 0.300 e. The predicted octanol–water partition coefficient (Wildman–Crippen LogP) is -0.213. The number of nitrogens with zero attached hydrogens (tertiary/aromatic N) is 6. The van der Waals surface area contributed by atoms with Gasteiger partial charge in [-0.2, -0.15) is 9.50 Å². The summed E-state index contributed by atoms with van der Waals surface area (Å²) in [4.78, 5) is 38.4. The number of hydrogen-bond donors (Lipinski definition) is 4. The maximum atomic E-state index is 11.9. The molecular formula is C15H22N8O5S. The number of carboxylic acid groups (broad SMARTS) is 2. The molecule has 14 heteroatoms. The summed E-state index contributed by atoms with van der Waals surface area (Å²) < 4.78 is 3.15. The van der Waals surface area contributed by atoms with Gasteiger partial charge in [-0.1, -0.05) is 11.8 Å². The molecule has 0 fully saturated rings. The van der Waals surface area contributed by atoms with Crippen molar-refractivity contribution in [3.8, 4) is 0 Å². The monoisotopic (exact) mass is 426 g/mol. The third-order valence-corrected chi connectivity index (χ3v) is 4.01. The van der Waals surface area contributed by atoms with Gasteiger partial charge in [-0.3, -0.25) is 19.5 Å². The van der Waals surface area contributed by atoms with Crippen LogP contribution < -0.4 is 11.3 Å². The van der Waals surface area contributed by atoms with Gasteiger partial charge >= 0.3 is 0 Å². The van der Waals surface area contributed by atoms with E-state index in [0.29, 0.717) is 35.4 Å². The van der Waals surface area contributed by atoms with Gasteiger partial charge in [0.1, 0.15) is 11.6 Å². The van der Waals surface area contributed by atoms with Gasteiger partial charge in [-0.15, -0.1) is 10.2 Å². The highest BCUT2D eigenvalue weighted by Crippen LogP contribution is 2.19. The van der Waals surface area contributed by atoms with Crippen LogP contribution in [-0.4, -0.2) is 56.5 Å². The Morgan fingerprint density at radius 2 is 1.79 bits per heavy atom. The second kappa shape index (κ2) is 10.9. The Hall–Kier alpha value is -3.26. The van der Waals surface area contributed by atoms with Crippen molar-refractivity contribution in [2.45, 2.75) is 38.2 Å². The standard InChI is InChI=1S/C11H14N8OS.2C2H4O2/c1-6-13-10-14-7(3-9(20)19(10)17-6)5-21-11-16-15-8(4-12)18(11)2;2*1-2(3)4/h3H,4-5,12H2,1-2H3,(H,13,14,17);2*1H3,(H,3,4). The Kier molecular flexibility index (Phi) is 8.95. The number of aliphatic carboxylic acids is 2. The summed E-state index contributed by atoms with van der Waals surface area (Å²) in [6.45, 7) is 4.28. The fourth-order valence-corrected chi connectivity index (χ4v) is 2.72. The Labute approximate surface area is 169 Å². The number of H-pyrrole nitrogens is 1. The molecular weight excluding hydrogens is 404 g/mol. The Bertz CT molecular complexity index is 1020. The molecule has 3 aromatic rings. The summed E-state index contributed by atoms with van der Waals surface area (Å²) in [6, 6.07) is 1.48. The van der Waals surface area contributed by atoms with Crippen LogP contribution in [0.1, 0.15) is 31.2 Å². The molecule has 3 aromatic heterocycles. The molecule has 0 amide bonds. The highest BCUT2D eigenvalue weighted by molar-refractivity contribution is 7.98. The Morgan fingerprint density at radius 3 is 2.31 bits per heavy atom. The third kappa shape index (κ3) is 7.71. The Balaban J connectivity index is 0.000000452. The molecule has 0 saturated carbocycles. The molecule has 13 nitrogen and oxygen atoms in total. The number of carbonyl (C=O) groups is 2. The summed E-state index contributed by atoms with van der Waals surface area (Å²) in [5, 5.41) is 26.4. The number of carboxylic acids is 2. The maximum absolute atomic E-state index is 11.9. The van der Waals surface area contributed by atoms with Crippen LogP contribution in [0.15, 0.2) is 16.0 Å². The van der Waals surface area contributed by atoms with E-state index in [1.165, 1.54) is 22.3 Å². The zero-order valence-corrected chi connectivity index (χ0v) is 17.1. The molecule has 5 N–H and O–H groups in total. The van der Waals surface area contributed by atoms with Crippen LogP contribution in [-0.2, 0) is 28.9 Å². The number of aromatic nitrogens is 7. The molecule has 158 valence electrons. The Morgan fingerprint density at radius 1 is 1.21 bits per heavy atom. The molecule has 3 heterocycles. The zero-order valence-electron chi connectivity index (χ0n) is 16.3. The molecule has 0 aliphatic heterocycles. The molecule has 0 atom stereocenters. The van der Waals surface area contributed by atoms with Crippen molar-refractivity contribution in [1.29, 1.82) is 0 Å². The van der Waals surface area contributed by atoms with Crippen molar-refractivity contribution in [2.24, 2.45) is 12.8 Å². The second-order valence-corrected chi connectivity index (χ2v) is 6.46. The molecule has 0 aliphatic rings. The SMILES string of the molecule is CC(=O)O.CC(=O)O.Cc1nc2nc(CSc3nnc(CN)n3C)cc(=O)n2[nH]1. The first kappa shape index (κ1) is 23.8. The molecule has 0 saturated heterocycles. The van der Waals surface area contributed by atoms with E-state index in [0.717, 1.165) is 19.0 Å². The number of fused-ring (bicyclic) bond motifs is 1. The summed E-state index contributed by atoms with van der Waals surface area (Å²) in [5.74, 6) is 0.569. The summed E-state index contributed by atoms with van der Waals surface area (Å²) in [6.07, 6.45) is 0. The minimum atomic E-state index is -0.833. The van der Waals surface area contributed by atoms with Crippen molar-refractivity contribution in [3.05, 3.63) is 33.8 Å². The van der Waals surface area contributed by atoms with Gasteiger partial charge in [0, 0.05) is 32.7 Å². The third-order valence-electron chi connectivity index (χ3n) is 2.95. The quantitative estimate of drug-likeness (QED) is 0.403. The second-order valence-electron chi connectivity index (χ2n) is 5.52. The highest BCUT2D eigenvalue weighted by atomic mass is 32.2. The van der Waals surface area contributed by atoms with Crippen LogP contribution in [0.2, 0.25) is 0 Å².